The molecule has 2 aliphatic rings. The molecule has 4 nitrogen and oxygen atoms in total. The minimum atomic E-state index is 0.191. The van der Waals surface area contributed by atoms with E-state index < -0.39 is 0 Å². The lowest BCUT2D eigenvalue weighted by molar-refractivity contribution is -0.125. The molecule has 2 heterocycles. The highest BCUT2D eigenvalue weighted by Crippen LogP contribution is 2.31. The average Bonchev–Trinajstić information content (AvgIpc) is 3.22. The summed E-state index contributed by atoms with van der Waals surface area (Å²) in [5.41, 5.74) is 1.08. The minimum absolute atomic E-state index is 0.191. The highest BCUT2D eigenvalue weighted by atomic mass is 32.1. The van der Waals surface area contributed by atoms with Gasteiger partial charge in [-0.2, -0.15) is 0 Å². The zero-order valence-electron chi connectivity index (χ0n) is 11.9. The predicted octanol–water partition coefficient (Wildman–Crippen LogP) is 2.79. The van der Waals surface area contributed by atoms with Gasteiger partial charge in [0.1, 0.15) is 0 Å². The Hall–Kier alpha value is -1.62. The van der Waals surface area contributed by atoms with Crippen LogP contribution in [0.4, 0.5) is 5.13 Å². The lowest BCUT2D eigenvalue weighted by Crippen LogP contribution is -2.41. The lowest BCUT2D eigenvalue weighted by Gasteiger charge is -2.31. The standard InChI is InChI=1S/C16H19N3OS/c20-15(17-12-5-6-12)11-7-9-19(10-8-11)16-18-13-3-1-2-4-14(13)21-16/h1-4,11-12H,5-10H2,(H,17,20). The molecule has 1 aliphatic carbocycles. The van der Waals surface area contributed by atoms with Gasteiger partial charge in [0, 0.05) is 25.0 Å². The number of nitrogens with zero attached hydrogens (tertiary/aromatic N) is 2. The molecule has 0 atom stereocenters. The van der Waals surface area contributed by atoms with E-state index >= 15 is 0 Å². The molecule has 0 bridgehead atoms. The molecule has 1 amide bonds. The Morgan fingerprint density at radius 1 is 1.19 bits per heavy atom. The Bertz CT molecular complexity index is 623. The van der Waals surface area contributed by atoms with E-state index in [1.165, 1.54) is 4.70 Å². The van der Waals surface area contributed by atoms with Crippen LogP contribution in [-0.4, -0.2) is 30.0 Å². The van der Waals surface area contributed by atoms with Crippen molar-refractivity contribution in [3.8, 4) is 0 Å². The highest BCUT2D eigenvalue weighted by molar-refractivity contribution is 7.22. The molecule has 1 saturated carbocycles. The number of nitrogens with one attached hydrogen (secondary N) is 1. The smallest absolute Gasteiger partial charge is 0.223 e. The largest absolute Gasteiger partial charge is 0.353 e. The first-order valence-electron chi connectivity index (χ1n) is 7.70. The third kappa shape index (κ3) is 2.75. The number of benzene rings is 1. The van der Waals surface area contributed by atoms with Crippen LogP contribution in [0, 0.1) is 5.92 Å². The van der Waals surface area contributed by atoms with E-state index in [1.54, 1.807) is 11.3 Å². The monoisotopic (exact) mass is 301 g/mol. The van der Waals surface area contributed by atoms with Gasteiger partial charge in [0.25, 0.3) is 0 Å². The predicted molar refractivity (Wildman–Crippen MR) is 85.7 cm³/mol. The van der Waals surface area contributed by atoms with Gasteiger partial charge in [-0.15, -0.1) is 0 Å². The first-order chi connectivity index (χ1) is 10.3. The van der Waals surface area contributed by atoms with Crippen molar-refractivity contribution in [3.63, 3.8) is 0 Å². The number of hydrogen-bond acceptors (Lipinski definition) is 4. The fraction of sp³-hybridized carbons (Fsp3) is 0.500. The number of fused-ring (bicyclic) bond motifs is 1. The van der Waals surface area contributed by atoms with Crippen LogP contribution in [0.5, 0.6) is 0 Å². The molecule has 2 aromatic rings. The Labute approximate surface area is 128 Å². The summed E-state index contributed by atoms with van der Waals surface area (Å²) < 4.78 is 1.24. The molecule has 4 rings (SSSR count). The van der Waals surface area contributed by atoms with Gasteiger partial charge in [0.2, 0.25) is 5.91 Å². The van der Waals surface area contributed by atoms with Gasteiger partial charge in [-0.05, 0) is 37.8 Å². The normalized spacial score (nSPS) is 19.9. The van der Waals surface area contributed by atoms with Gasteiger partial charge in [-0.1, -0.05) is 23.5 Å². The molecule has 21 heavy (non-hydrogen) atoms. The summed E-state index contributed by atoms with van der Waals surface area (Å²) >= 11 is 1.75. The average molecular weight is 301 g/mol. The lowest BCUT2D eigenvalue weighted by atomic mass is 9.96. The Morgan fingerprint density at radius 2 is 1.95 bits per heavy atom. The second-order valence-electron chi connectivity index (χ2n) is 6.01. The van der Waals surface area contributed by atoms with Crippen LogP contribution in [0.25, 0.3) is 10.2 Å². The van der Waals surface area contributed by atoms with Crippen LogP contribution in [0.2, 0.25) is 0 Å². The third-order valence-electron chi connectivity index (χ3n) is 4.34. The highest BCUT2D eigenvalue weighted by Gasteiger charge is 2.30. The molecule has 2 fully saturated rings. The van der Waals surface area contributed by atoms with E-state index in [1.807, 2.05) is 6.07 Å². The molecule has 0 unspecified atom stereocenters. The maximum Gasteiger partial charge on any atom is 0.223 e. The number of aromatic nitrogens is 1. The molecule has 1 aromatic heterocycles. The van der Waals surface area contributed by atoms with Crippen LogP contribution in [0.3, 0.4) is 0 Å². The second-order valence-corrected chi connectivity index (χ2v) is 7.02. The van der Waals surface area contributed by atoms with Crippen LogP contribution in [0.1, 0.15) is 25.7 Å². The number of piperidine rings is 1. The molecule has 1 N–H and O–H groups in total. The molecule has 0 spiro atoms. The van der Waals surface area contributed by atoms with Crippen molar-refractivity contribution in [2.24, 2.45) is 5.92 Å². The molecule has 1 aliphatic heterocycles. The molecule has 0 radical (unpaired) electrons. The zero-order chi connectivity index (χ0) is 14.2. The molecule has 1 aromatic carbocycles. The fourth-order valence-corrected chi connectivity index (χ4v) is 3.89. The molecular formula is C16H19N3OS. The molecule has 5 heteroatoms. The third-order valence-corrected chi connectivity index (χ3v) is 5.44. The zero-order valence-corrected chi connectivity index (χ0v) is 12.7. The van der Waals surface area contributed by atoms with E-state index in [2.05, 4.69) is 28.4 Å². The molecule has 110 valence electrons. The summed E-state index contributed by atoms with van der Waals surface area (Å²) in [5.74, 6) is 0.456. The number of rotatable bonds is 3. The van der Waals surface area contributed by atoms with Crippen molar-refractivity contribution >= 4 is 32.6 Å². The summed E-state index contributed by atoms with van der Waals surface area (Å²) in [5, 5.41) is 4.22. The van der Waals surface area contributed by atoms with Crippen molar-refractivity contribution in [2.45, 2.75) is 31.7 Å². The maximum atomic E-state index is 12.1. The van der Waals surface area contributed by atoms with Crippen LogP contribution >= 0.6 is 11.3 Å². The number of hydrogen-bond donors (Lipinski definition) is 1. The molecule has 1 saturated heterocycles. The van der Waals surface area contributed by atoms with Crippen LogP contribution < -0.4 is 10.2 Å². The first kappa shape index (κ1) is 13.1. The minimum Gasteiger partial charge on any atom is -0.353 e. The number of carbonyl (C=O) groups excluding carboxylic acids is 1. The Kier molecular flexibility index (Phi) is 3.30. The second kappa shape index (κ2) is 5.30. The van der Waals surface area contributed by atoms with Crippen molar-refractivity contribution in [1.29, 1.82) is 0 Å². The molecular weight excluding hydrogens is 282 g/mol. The van der Waals surface area contributed by atoms with Gasteiger partial charge in [-0.3, -0.25) is 4.79 Å². The van der Waals surface area contributed by atoms with E-state index in [9.17, 15) is 4.79 Å². The quantitative estimate of drug-likeness (QED) is 0.948. The van der Waals surface area contributed by atoms with Crippen molar-refractivity contribution in [1.82, 2.24) is 10.3 Å². The maximum absolute atomic E-state index is 12.1. The van der Waals surface area contributed by atoms with E-state index in [0.717, 1.165) is 49.4 Å². The SMILES string of the molecule is O=C(NC1CC1)C1CCN(c2nc3ccccc3s2)CC1. The summed E-state index contributed by atoms with van der Waals surface area (Å²) in [7, 11) is 0. The van der Waals surface area contributed by atoms with Gasteiger partial charge in [0.05, 0.1) is 10.2 Å². The van der Waals surface area contributed by atoms with Crippen molar-refractivity contribution in [2.75, 3.05) is 18.0 Å². The fourth-order valence-electron chi connectivity index (χ4n) is 2.87. The van der Waals surface area contributed by atoms with Gasteiger partial charge < -0.3 is 10.2 Å². The van der Waals surface area contributed by atoms with Crippen molar-refractivity contribution in [3.05, 3.63) is 24.3 Å². The van der Waals surface area contributed by atoms with Crippen LogP contribution in [0.15, 0.2) is 24.3 Å². The van der Waals surface area contributed by atoms with E-state index in [0.29, 0.717) is 6.04 Å². The summed E-state index contributed by atoms with van der Waals surface area (Å²) in [6.07, 6.45) is 4.20. The summed E-state index contributed by atoms with van der Waals surface area (Å²) in [6.45, 7) is 1.87. The number of amides is 1. The summed E-state index contributed by atoms with van der Waals surface area (Å²) in [6, 6.07) is 8.73. The number of para-hydroxylation sites is 1. The topological polar surface area (TPSA) is 45.2 Å². The van der Waals surface area contributed by atoms with Gasteiger partial charge in [-0.25, -0.2) is 4.98 Å². The Balaban J connectivity index is 1.41. The number of anilines is 1. The number of carbonyl (C=O) groups is 1. The Morgan fingerprint density at radius 3 is 2.67 bits per heavy atom. The number of thiazole rings is 1. The first-order valence-corrected chi connectivity index (χ1v) is 8.52. The van der Waals surface area contributed by atoms with E-state index in [4.69, 9.17) is 4.98 Å². The van der Waals surface area contributed by atoms with Gasteiger partial charge in [0.15, 0.2) is 5.13 Å². The summed E-state index contributed by atoms with van der Waals surface area (Å²) in [4.78, 5) is 19.1. The van der Waals surface area contributed by atoms with Crippen molar-refractivity contribution < 1.29 is 4.79 Å². The van der Waals surface area contributed by atoms with Gasteiger partial charge >= 0.3 is 0 Å². The van der Waals surface area contributed by atoms with Crippen LogP contribution in [-0.2, 0) is 4.79 Å². The van der Waals surface area contributed by atoms with E-state index in [-0.39, 0.29) is 11.8 Å².